The van der Waals surface area contributed by atoms with E-state index in [9.17, 15) is 9.90 Å². The molecule has 1 rings (SSSR count). The van der Waals surface area contributed by atoms with Gasteiger partial charge in [-0.3, -0.25) is 0 Å². The fourth-order valence-electron chi connectivity index (χ4n) is 2.24. The summed E-state index contributed by atoms with van der Waals surface area (Å²) in [5.74, 6) is -1.11. The highest BCUT2D eigenvalue weighted by molar-refractivity contribution is 5.81. The van der Waals surface area contributed by atoms with E-state index >= 15 is 0 Å². The van der Waals surface area contributed by atoms with Gasteiger partial charge in [0.1, 0.15) is 5.60 Å². The van der Waals surface area contributed by atoms with Crippen LogP contribution in [-0.4, -0.2) is 41.3 Å². The van der Waals surface area contributed by atoms with E-state index in [4.69, 9.17) is 14.2 Å². The van der Waals surface area contributed by atoms with Crippen LogP contribution in [0.25, 0.3) is 0 Å². The Kier molecular flexibility index (Phi) is 5.12. The summed E-state index contributed by atoms with van der Waals surface area (Å²) in [4.78, 5) is 11.1. The van der Waals surface area contributed by atoms with Crippen LogP contribution in [0.1, 0.15) is 41.0 Å². The third-order valence-electron chi connectivity index (χ3n) is 3.30. The Bertz CT molecular complexity index is 350. The van der Waals surface area contributed by atoms with Crippen LogP contribution in [0.15, 0.2) is 12.2 Å². The maximum absolute atomic E-state index is 11.1. The summed E-state index contributed by atoms with van der Waals surface area (Å²) in [6.07, 6.45) is 2.24. The number of esters is 1. The minimum Gasteiger partial charge on any atom is -0.463 e. The maximum Gasteiger partial charge on any atom is 0.330 e. The van der Waals surface area contributed by atoms with Crippen molar-refractivity contribution >= 4 is 5.97 Å². The summed E-state index contributed by atoms with van der Waals surface area (Å²) >= 11 is 0. The van der Waals surface area contributed by atoms with Crippen molar-refractivity contribution in [2.75, 3.05) is 6.61 Å². The first-order valence-electron chi connectivity index (χ1n) is 6.60. The average molecular weight is 272 g/mol. The summed E-state index contributed by atoms with van der Waals surface area (Å²) < 4.78 is 16.2. The Morgan fingerprint density at radius 3 is 2.58 bits per heavy atom. The van der Waals surface area contributed by atoms with E-state index in [0.29, 0.717) is 13.0 Å². The summed E-state index contributed by atoms with van der Waals surface area (Å²) in [5, 5.41) is 10.2. The molecule has 1 aliphatic rings. The molecule has 1 N–H and O–H groups in total. The standard InChI is InChI=1S/C14H24O5/c1-6-17-12(16)9-7-8-11(15)14(5)10(2)18-13(3,4)19-14/h7,9-11,15H,6,8H2,1-5H3/b9-7+/t10-,11-,14+/m1/s1. The number of carbonyl (C=O) groups excluding carboxylic acids is 1. The Labute approximate surface area is 114 Å². The van der Waals surface area contributed by atoms with Gasteiger partial charge in [-0.25, -0.2) is 4.79 Å². The highest BCUT2D eigenvalue weighted by Gasteiger charge is 2.51. The van der Waals surface area contributed by atoms with Crippen molar-refractivity contribution in [1.29, 1.82) is 0 Å². The second-order valence-corrected chi connectivity index (χ2v) is 5.35. The van der Waals surface area contributed by atoms with E-state index in [1.807, 2.05) is 27.7 Å². The van der Waals surface area contributed by atoms with Gasteiger partial charge in [-0.2, -0.15) is 0 Å². The molecule has 1 heterocycles. The molecule has 1 saturated heterocycles. The molecule has 0 aromatic heterocycles. The van der Waals surface area contributed by atoms with Crippen molar-refractivity contribution in [3.8, 4) is 0 Å². The Morgan fingerprint density at radius 1 is 1.47 bits per heavy atom. The first-order valence-corrected chi connectivity index (χ1v) is 6.60. The zero-order valence-corrected chi connectivity index (χ0v) is 12.3. The van der Waals surface area contributed by atoms with Crippen molar-refractivity contribution < 1.29 is 24.1 Å². The van der Waals surface area contributed by atoms with Gasteiger partial charge in [-0.1, -0.05) is 6.08 Å². The van der Waals surface area contributed by atoms with E-state index in [0.717, 1.165) is 0 Å². The van der Waals surface area contributed by atoms with E-state index in [1.165, 1.54) is 6.08 Å². The number of hydrogen-bond acceptors (Lipinski definition) is 5. The van der Waals surface area contributed by atoms with Gasteiger partial charge in [0.15, 0.2) is 5.79 Å². The van der Waals surface area contributed by atoms with Crippen molar-refractivity contribution in [3.05, 3.63) is 12.2 Å². The van der Waals surface area contributed by atoms with Crippen LogP contribution in [-0.2, 0) is 19.0 Å². The van der Waals surface area contributed by atoms with E-state index < -0.39 is 23.5 Å². The Balaban J connectivity index is 2.58. The lowest BCUT2D eigenvalue weighted by Gasteiger charge is -2.32. The molecule has 1 aliphatic heterocycles. The van der Waals surface area contributed by atoms with Crippen LogP contribution in [0.4, 0.5) is 0 Å². The normalized spacial score (nSPS) is 31.6. The van der Waals surface area contributed by atoms with Gasteiger partial charge < -0.3 is 19.3 Å². The highest BCUT2D eigenvalue weighted by atomic mass is 16.8. The van der Waals surface area contributed by atoms with Gasteiger partial charge in [0, 0.05) is 6.08 Å². The fraction of sp³-hybridized carbons (Fsp3) is 0.786. The molecule has 5 heteroatoms. The predicted molar refractivity (Wildman–Crippen MR) is 70.5 cm³/mol. The Hall–Kier alpha value is -0.910. The van der Waals surface area contributed by atoms with Crippen LogP contribution >= 0.6 is 0 Å². The van der Waals surface area contributed by atoms with Crippen LogP contribution < -0.4 is 0 Å². The van der Waals surface area contributed by atoms with Crippen molar-refractivity contribution in [2.45, 2.75) is 64.6 Å². The second kappa shape index (κ2) is 6.03. The molecule has 0 aromatic rings. The molecule has 19 heavy (non-hydrogen) atoms. The number of aliphatic hydroxyl groups excluding tert-OH is 1. The molecule has 0 saturated carbocycles. The SMILES string of the molecule is CCOC(=O)/C=C/C[C@@H](O)[C@@]1(C)OC(C)(C)O[C@@H]1C. The summed E-state index contributed by atoms with van der Waals surface area (Å²) in [5.41, 5.74) is -0.789. The van der Waals surface area contributed by atoms with Crippen LogP contribution in [0.5, 0.6) is 0 Å². The maximum atomic E-state index is 11.1. The molecule has 0 aromatic carbocycles. The fourth-order valence-corrected chi connectivity index (χ4v) is 2.24. The molecule has 0 unspecified atom stereocenters. The van der Waals surface area contributed by atoms with Gasteiger partial charge in [0.25, 0.3) is 0 Å². The molecular formula is C14H24O5. The lowest BCUT2D eigenvalue weighted by atomic mass is 9.91. The average Bonchev–Trinajstić information content (AvgIpc) is 2.48. The topological polar surface area (TPSA) is 65.0 Å². The van der Waals surface area contributed by atoms with Crippen molar-refractivity contribution in [3.63, 3.8) is 0 Å². The molecule has 5 nitrogen and oxygen atoms in total. The van der Waals surface area contributed by atoms with Gasteiger partial charge in [0.05, 0.1) is 18.8 Å². The van der Waals surface area contributed by atoms with Gasteiger partial charge in [0.2, 0.25) is 0 Å². The molecule has 0 bridgehead atoms. The lowest BCUT2D eigenvalue weighted by Crippen LogP contribution is -2.46. The van der Waals surface area contributed by atoms with Crippen LogP contribution in [0.3, 0.4) is 0 Å². The van der Waals surface area contributed by atoms with E-state index in [2.05, 4.69) is 0 Å². The van der Waals surface area contributed by atoms with Gasteiger partial charge in [-0.05, 0) is 41.0 Å². The highest BCUT2D eigenvalue weighted by Crippen LogP contribution is 2.39. The smallest absolute Gasteiger partial charge is 0.330 e. The van der Waals surface area contributed by atoms with Crippen LogP contribution in [0.2, 0.25) is 0 Å². The van der Waals surface area contributed by atoms with E-state index in [1.54, 1.807) is 13.0 Å². The number of aliphatic hydroxyl groups is 1. The third kappa shape index (κ3) is 4.03. The molecule has 3 atom stereocenters. The van der Waals surface area contributed by atoms with Crippen molar-refractivity contribution in [2.24, 2.45) is 0 Å². The molecule has 0 radical (unpaired) electrons. The zero-order valence-electron chi connectivity index (χ0n) is 12.3. The summed E-state index contributed by atoms with van der Waals surface area (Å²) in [6, 6.07) is 0. The molecule has 0 aliphatic carbocycles. The number of carbonyl (C=O) groups is 1. The third-order valence-corrected chi connectivity index (χ3v) is 3.30. The molecular weight excluding hydrogens is 248 g/mol. The minimum absolute atomic E-state index is 0.228. The second-order valence-electron chi connectivity index (χ2n) is 5.35. The first kappa shape index (κ1) is 16.1. The Morgan fingerprint density at radius 2 is 2.11 bits per heavy atom. The number of ether oxygens (including phenoxy) is 3. The predicted octanol–water partition coefficient (Wildman–Crippen LogP) is 1.79. The summed E-state index contributed by atoms with van der Waals surface area (Å²) in [7, 11) is 0. The van der Waals surface area contributed by atoms with Gasteiger partial charge >= 0.3 is 5.97 Å². The number of hydrogen-bond donors (Lipinski definition) is 1. The van der Waals surface area contributed by atoms with E-state index in [-0.39, 0.29) is 6.10 Å². The van der Waals surface area contributed by atoms with Gasteiger partial charge in [-0.15, -0.1) is 0 Å². The molecule has 1 fully saturated rings. The largest absolute Gasteiger partial charge is 0.463 e. The zero-order chi connectivity index (χ0) is 14.7. The lowest BCUT2D eigenvalue weighted by molar-refractivity contribution is -0.178. The molecule has 0 spiro atoms. The minimum atomic E-state index is -0.789. The quantitative estimate of drug-likeness (QED) is 0.610. The number of rotatable bonds is 5. The summed E-state index contributed by atoms with van der Waals surface area (Å²) in [6.45, 7) is 9.40. The first-order chi connectivity index (χ1) is 8.71. The monoisotopic (exact) mass is 272 g/mol. The molecule has 110 valence electrons. The van der Waals surface area contributed by atoms with Crippen molar-refractivity contribution in [1.82, 2.24) is 0 Å². The van der Waals surface area contributed by atoms with Crippen LogP contribution in [0, 0.1) is 0 Å². The molecule has 0 amide bonds.